The molecule has 3 nitrogen and oxygen atoms in total. The van der Waals surface area contributed by atoms with Crippen molar-refractivity contribution in [3.05, 3.63) is 57.2 Å². The smallest absolute Gasteiger partial charge is 0.0991 e. The van der Waals surface area contributed by atoms with E-state index in [0.29, 0.717) is 12.1 Å². The molecule has 3 rings (SSSR count). The third-order valence-electron chi connectivity index (χ3n) is 4.03. The van der Waals surface area contributed by atoms with Gasteiger partial charge in [0.1, 0.15) is 0 Å². The van der Waals surface area contributed by atoms with Gasteiger partial charge < -0.3 is 10.7 Å². The average Bonchev–Trinajstić information content (AvgIpc) is 2.93. The number of aryl methyl sites for hydroxylation is 1. The van der Waals surface area contributed by atoms with Gasteiger partial charge in [0.15, 0.2) is 0 Å². The van der Waals surface area contributed by atoms with E-state index in [1.54, 1.807) is 0 Å². The van der Waals surface area contributed by atoms with Crippen LogP contribution in [0.25, 0.3) is 22.2 Å². The van der Waals surface area contributed by atoms with Crippen LogP contribution < -0.4 is 5.73 Å². The summed E-state index contributed by atoms with van der Waals surface area (Å²) < 4.78 is 1.21. The van der Waals surface area contributed by atoms with Gasteiger partial charge in [-0.25, -0.2) is 0 Å². The zero-order valence-corrected chi connectivity index (χ0v) is 14.9. The maximum Gasteiger partial charge on any atom is 0.0991 e. The number of nitrogens with zero attached hydrogens (tertiary/aromatic N) is 1. The highest BCUT2D eigenvalue weighted by atomic mass is 127. The molecule has 116 valence electrons. The highest BCUT2D eigenvalue weighted by molar-refractivity contribution is 14.1. The predicted molar refractivity (Wildman–Crippen MR) is 103 cm³/mol. The highest BCUT2D eigenvalue weighted by Gasteiger charge is 2.13. The highest BCUT2D eigenvalue weighted by Crippen LogP contribution is 2.32. The molecular formula is C19H18IN3. The molecule has 0 unspecified atom stereocenters. The summed E-state index contributed by atoms with van der Waals surface area (Å²) in [5.41, 5.74) is 11.1. The first-order valence-electron chi connectivity index (χ1n) is 7.73. The number of H-pyrrole nitrogens is 1. The Bertz CT molecular complexity index is 874. The first-order valence-corrected chi connectivity index (χ1v) is 8.81. The topological polar surface area (TPSA) is 65.6 Å². The molecule has 0 amide bonds. The van der Waals surface area contributed by atoms with Crippen LogP contribution >= 0.6 is 22.6 Å². The Hall–Kier alpha value is -1.84. The summed E-state index contributed by atoms with van der Waals surface area (Å²) in [6.07, 6.45) is 3.03. The van der Waals surface area contributed by atoms with Crippen molar-refractivity contribution in [1.82, 2.24) is 4.98 Å². The fourth-order valence-electron chi connectivity index (χ4n) is 2.91. The lowest BCUT2D eigenvalue weighted by Gasteiger charge is -2.06. The summed E-state index contributed by atoms with van der Waals surface area (Å²) in [7, 11) is 0. The van der Waals surface area contributed by atoms with Crippen molar-refractivity contribution in [3.63, 3.8) is 0 Å². The molecule has 0 saturated heterocycles. The molecule has 23 heavy (non-hydrogen) atoms. The van der Waals surface area contributed by atoms with Gasteiger partial charge in [0.2, 0.25) is 0 Å². The molecule has 3 N–H and O–H groups in total. The van der Waals surface area contributed by atoms with Crippen LogP contribution in [0.1, 0.15) is 24.0 Å². The minimum Gasteiger partial charge on any atom is -0.354 e. The van der Waals surface area contributed by atoms with Crippen molar-refractivity contribution < 1.29 is 0 Å². The molecule has 1 heterocycles. The zero-order chi connectivity index (χ0) is 16.2. The minimum atomic E-state index is 0.700. The largest absolute Gasteiger partial charge is 0.354 e. The number of rotatable bonds is 5. The van der Waals surface area contributed by atoms with E-state index in [1.165, 1.54) is 14.7 Å². The number of hydrogen-bond acceptors (Lipinski definition) is 2. The van der Waals surface area contributed by atoms with Gasteiger partial charge in [0, 0.05) is 20.2 Å². The Morgan fingerprint density at radius 1 is 1.13 bits per heavy atom. The first-order chi connectivity index (χ1) is 11.2. The minimum absolute atomic E-state index is 0.700. The molecule has 0 spiro atoms. The first kappa shape index (κ1) is 16.0. The predicted octanol–water partition coefficient (Wildman–Crippen LogP) is 4.59. The van der Waals surface area contributed by atoms with E-state index in [4.69, 9.17) is 5.73 Å². The van der Waals surface area contributed by atoms with Gasteiger partial charge in [-0.2, -0.15) is 5.26 Å². The second kappa shape index (κ2) is 7.16. The molecule has 0 fully saturated rings. The van der Waals surface area contributed by atoms with E-state index in [1.807, 2.05) is 18.2 Å². The van der Waals surface area contributed by atoms with Gasteiger partial charge in [0.25, 0.3) is 0 Å². The number of benzene rings is 2. The fraction of sp³-hybridized carbons (Fsp3) is 0.211. The molecule has 0 saturated carbocycles. The van der Waals surface area contributed by atoms with Crippen LogP contribution in [0.3, 0.4) is 0 Å². The molecule has 3 aromatic rings. The standard InChI is InChI=1S/C19H18IN3/c20-15-5-3-4-14(11-15)19-16(6-1-2-9-21)17-10-13(12-22)7-8-18(17)23-19/h3-5,7-8,10-11,23H,1-2,6,9,21H2. The molecule has 0 aliphatic heterocycles. The number of nitrogens with two attached hydrogens (primary N) is 1. The normalized spacial score (nSPS) is 10.8. The Labute approximate surface area is 149 Å². The number of halogens is 1. The molecule has 2 aromatic carbocycles. The molecule has 0 bridgehead atoms. The quantitative estimate of drug-likeness (QED) is 0.473. The summed E-state index contributed by atoms with van der Waals surface area (Å²) in [6.45, 7) is 0.713. The average molecular weight is 415 g/mol. The van der Waals surface area contributed by atoms with Gasteiger partial charge in [-0.05, 0) is 89.9 Å². The third kappa shape index (κ3) is 3.41. The van der Waals surface area contributed by atoms with Crippen LogP contribution in [0.2, 0.25) is 0 Å². The number of aromatic amines is 1. The molecule has 0 aliphatic rings. The lowest BCUT2D eigenvalue weighted by Crippen LogP contribution is -1.99. The van der Waals surface area contributed by atoms with E-state index >= 15 is 0 Å². The van der Waals surface area contributed by atoms with Gasteiger partial charge in [0.05, 0.1) is 11.6 Å². The Kier molecular flexibility index (Phi) is 4.99. The van der Waals surface area contributed by atoms with Crippen LogP contribution in [-0.4, -0.2) is 11.5 Å². The number of hydrogen-bond donors (Lipinski definition) is 2. The summed E-state index contributed by atoms with van der Waals surface area (Å²) in [4.78, 5) is 3.54. The van der Waals surface area contributed by atoms with E-state index in [-0.39, 0.29) is 0 Å². The number of unbranched alkanes of at least 4 members (excludes halogenated alkanes) is 1. The second-order valence-electron chi connectivity index (χ2n) is 5.61. The van der Waals surface area contributed by atoms with Gasteiger partial charge in [-0.15, -0.1) is 0 Å². The fourth-order valence-corrected chi connectivity index (χ4v) is 3.46. The van der Waals surface area contributed by atoms with Crippen molar-refractivity contribution in [1.29, 1.82) is 5.26 Å². The number of aromatic nitrogens is 1. The molecule has 1 aromatic heterocycles. The van der Waals surface area contributed by atoms with Crippen molar-refractivity contribution >= 4 is 33.5 Å². The van der Waals surface area contributed by atoms with Crippen LogP contribution in [0.4, 0.5) is 0 Å². The summed E-state index contributed by atoms with van der Waals surface area (Å²) >= 11 is 2.33. The maximum atomic E-state index is 9.18. The van der Waals surface area contributed by atoms with Gasteiger partial charge in [-0.1, -0.05) is 12.1 Å². The maximum absolute atomic E-state index is 9.18. The van der Waals surface area contributed by atoms with Crippen molar-refractivity contribution in [3.8, 4) is 17.3 Å². The number of nitrogens with one attached hydrogen (secondary N) is 1. The molecular weight excluding hydrogens is 397 g/mol. The third-order valence-corrected chi connectivity index (χ3v) is 4.70. The summed E-state index contributed by atoms with van der Waals surface area (Å²) in [5, 5.41) is 10.3. The van der Waals surface area contributed by atoms with E-state index < -0.39 is 0 Å². The van der Waals surface area contributed by atoms with E-state index in [0.717, 1.165) is 35.9 Å². The molecule has 4 heteroatoms. The van der Waals surface area contributed by atoms with Crippen LogP contribution in [0.15, 0.2) is 42.5 Å². The Morgan fingerprint density at radius 3 is 2.74 bits per heavy atom. The van der Waals surface area contributed by atoms with Gasteiger partial charge >= 0.3 is 0 Å². The van der Waals surface area contributed by atoms with Gasteiger partial charge in [-0.3, -0.25) is 0 Å². The Morgan fingerprint density at radius 2 is 2.00 bits per heavy atom. The Balaban J connectivity index is 2.15. The second-order valence-corrected chi connectivity index (χ2v) is 6.85. The number of nitriles is 1. The lowest BCUT2D eigenvalue weighted by atomic mass is 9.99. The summed E-state index contributed by atoms with van der Waals surface area (Å²) in [6, 6.07) is 16.6. The van der Waals surface area contributed by atoms with Crippen LogP contribution in [0, 0.1) is 14.9 Å². The van der Waals surface area contributed by atoms with Crippen LogP contribution in [-0.2, 0) is 6.42 Å². The van der Waals surface area contributed by atoms with Crippen molar-refractivity contribution in [2.45, 2.75) is 19.3 Å². The zero-order valence-electron chi connectivity index (χ0n) is 12.8. The molecule has 0 aliphatic carbocycles. The number of fused-ring (bicyclic) bond motifs is 1. The lowest BCUT2D eigenvalue weighted by molar-refractivity contribution is 0.748. The van der Waals surface area contributed by atoms with Crippen molar-refractivity contribution in [2.24, 2.45) is 5.73 Å². The van der Waals surface area contributed by atoms with E-state index in [2.05, 4.69) is 57.9 Å². The molecule has 0 atom stereocenters. The monoisotopic (exact) mass is 415 g/mol. The van der Waals surface area contributed by atoms with E-state index in [9.17, 15) is 5.26 Å². The van der Waals surface area contributed by atoms with Crippen LogP contribution in [0.5, 0.6) is 0 Å². The summed E-state index contributed by atoms with van der Waals surface area (Å²) in [5.74, 6) is 0. The SMILES string of the molecule is N#Cc1ccc2[nH]c(-c3cccc(I)c3)c(CCCCN)c2c1. The molecule has 0 radical (unpaired) electrons. The van der Waals surface area contributed by atoms with Crippen molar-refractivity contribution in [2.75, 3.05) is 6.54 Å².